The highest BCUT2D eigenvalue weighted by atomic mass is 16.5. The van der Waals surface area contributed by atoms with E-state index in [1.165, 1.54) is 31.2 Å². The third kappa shape index (κ3) is 3.02. The number of pyridine rings is 1. The number of aryl methyl sites for hydroxylation is 1. The molecule has 18 heavy (non-hydrogen) atoms. The molecule has 2 aliphatic rings. The number of anilines is 1. The van der Waals surface area contributed by atoms with E-state index in [9.17, 15) is 0 Å². The first-order chi connectivity index (χ1) is 8.81. The number of piperidine rings is 1. The lowest BCUT2D eigenvalue weighted by Gasteiger charge is -2.33. The zero-order valence-corrected chi connectivity index (χ0v) is 11.1. The van der Waals surface area contributed by atoms with Crippen LogP contribution in [0.2, 0.25) is 0 Å². The molecule has 0 spiro atoms. The first-order valence-corrected chi connectivity index (χ1v) is 7.10. The molecule has 3 heteroatoms. The van der Waals surface area contributed by atoms with Crippen molar-refractivity contribution in [3.05, 3.63) is 23.9 Å². The van der Waals surface area contributed by atoms with Crippen LogP contribution in [-0.4, -0.2) is 30.8 Å². The van der Waals surface area contributed by atoms with Crippen molar-refractivity contribution in [2.45, 2.75) is 38.7 Å². The van der Waals surface area contributed by atoms with Crippen LogP contribution in [0.5, 0.6) is 0 Å². The minimum absolute atomic E-state index is 0.405. The topological polar surface area (TPSA) is 25.4 Å². The van der Waals surface area contributed by atoms with Crippen LogP contribution in [0.3, 0.4) is 0 Å². The summed E-state index contributed by atoms with van der Waals surface area (Å²) in [5.74, 6) is 1.96. The minimum atomic E-state index is 0.405. The molecule has 0 bridgehead atoms. The maximum Gasteiger partial charge on any atom is 0.128 e. The molecule has 1 aliphatic heterocycles. The molecule has 3 rings (SSSR count). The number of rotatable bonds is 4. The maximum absolute atomic E-state index is 6.01. The third-order valence-corrected chi connectivity index (χ3v) is 3.86. The molecule has 0 aromatic carbocycles. The van der Waals surface area contributed by atoms with Gasteiger partial charge in [-0.05, 0) is 50.2 Å². The Bertz CT molecular complexity index is 386. The zero-order chi connectivity index (χ0) is 12.4. The lowest BCUT2D eigenvalue weighted by atomic mass is 10.1. The monoisotopic (exact) mass is 246 g/mol. The van der Waals surface area contributed by atoms with Crippen LogP contribution in [0.25, 0.3) is 0 Å². The van der Waals surface area contributed by atoms with Crippen LogP contribution in [0.15, 0.2) is 18.3 Å². The SMILES string of the molecule is Cc1ccc(N2CCCC(OCC3CC3)C2)nc1. The first kappa shape index (κ1) is 12.0. The maximum atomic E-state index is 6.01. The van der Waals surface area contributed by atoms with E-state index in [4.69, 9.17) is 4.74 Å². The second-order valence-electron chi connectivity index (χ2n) is 5.68. The van der Waals surface area contributed by atoms with Gasteiger partial charge in [0.1, 0.15) is 5.82 Å². The van der Waals surface area contributed by atoms with Crippen molar-refractivity contribution in [1.29, 1.82) is 0 Å². The van der Waals surface area contributed by atoms with Crippen molar-refractivity contribution in [3.8, 4) is 0 Å². The molecular formula is C15H22N2O. The lowest BCUT2D eigenvalue weighted by Crippen LogP contribution is -2.40. The van der Waals surface area contributed by atoms with Crippen molar-refractivity contribution in [2.24, 2.45) is 5.92 Å². The fourth-order valence-electron chi connectivity index (χ4n) is 2.49. The molecule has 2 fully saturated rings. The van der Waals surface area contributed by atoms with Crippen LogP contribution in [0.1, 0.15) is 31.2 Å². The molecule has 3 nitrogen and oxygen atoms in total. The Morgan fingerprint density at radius 1 is 1.33 bits per heavy atom. The molecule has 98 valence electrons. The highest BCUT2D eigenvalue weighted by Crippen LogP contribution is 2.30. The van der Waals surface area contributed by atoms with Gasteiger partial charge in [-0.3, -0.25) is 0 Å². The summed E-state index contributed by atoms with van der Waals surface area (Å²) in [6.07, 6.45) is 7.51. The largest absolute Gasteiger partial charge is 0.376 e. The number of hydrogen-bond donors (Lipinski definition) is 0. The van der Waals surface area contributed by atoms with Crippen LogP contribution < -0.4 is 4.90 Å². The van der Waals surface area contributed by atoms with Crippen molar-refractivity contribution < 1.29 is 4.74 Å². The van der Waals surface area contributed by atoms with Crippen molar-refractivity contribution in [2.75, 3.05) is 24.6 Å². The normalized spacial score (nSPS) is 24.3. The summed E-state index contributed by atoms with van der Waals surface area (Å²) in [5, 5.41) is 0. The third-order valence-electron chi connectivity index (χ3n) is 3.86. The number of ether oxygens (including phenoxy) is 1. The van der Waals surface area contributed by atoms with Gasteiger partial charge in [0.2, 0.25) is 0 Å². The molecular weight excluding hydrogens is 224 g/mol. The van der Waals surface area contributed by atoms with E-state index in [2.05, 4.69) is 28.9 Å². The van der Waals surface area contributed by atoms with E-state index in [-0.39, 0.29) is 0 Å². The summed E-state index contributed by atoms with van der Waals surface area (Å²) in [6.45, 7) is 5.16. The molecule has 2 heterocycles. The van der Waals surface area contributed by atoms with E-state index in [1.807, 2.05) is 6.20 Å². The van der Waals surface area contributed by atoms with E-state index >= 15 is 0 Å². The number of aromatic nitrogens is 1. The summed E-state index contributed by atoms with van der Waals surface area (Å²) < 4.78 is 6.01. The summed E-state index contributed by atoms with van der Waals surface area (Å²) >= 11 is 0. The first-order valence-electron chi connectivity index (χ1n) is 7.10. The van der Waals surface area contributed by atoms with Gasteiger partial charge >= 0.3 is 0 Å². The summed E-state index contributed by atoms with van der Waals surface area (Å²) in [7, 11) is 0. The van der Waals surface area contributed by atoms with Gasteiger partial charge in [0.25, 0.3) is 0 Å². The highest BCUT2D eigenvalue weighted by Gasteiger charge is 2.26. The van der Waals surface area contributed by atoms with E-state index < -0.39 is 0 Å². The second kappa shape index (κ2) is 5.27. The summed E-state index contributed by atoms with van der Waals surface area (Å²) in [4.78, 5) is 6.88. The van der Waals surface area contributed by atoms with Crippen molar-refractivity contribution >= 4 is 5.82 Å². The van der Waals surface area contributed by atoms with Crippen LogP contribution in [0, 0.1) is 12.8 Å². The fraction of sp³-hybridized carbons (Fsp3) is 0.667. The van der Waals surface area contributed by atoms with Gasteiger partial charge in [0.15, 0.2) is 0 Å². The molecule has 1 saturated heterocycles. The van der Waals surface area contributed by atoms with E-state index in [1.54, 1.807) is 0 Å². The Hall–Kier alpha value is -1.09. The van der Waals surface area contributed by atoms with Crippen LogP contribution >= 0.6 is 0 Å². The van der Waals surface area contributed by atoms with Gasteiger partial charge in [-0.2, -0.15) is 0 Å². The predicted octanol–water partition coefficient (Wildman–Crippen LogP) is 2.79. The zero-order valence-electron chi connectivity index (χ0n) is 11.1. The molecule has 1 aromatic rings. The molecule has 0 amide bonds. The van der Waals surface area contributed by atoms with Crippen LogP contribution in [0.4, 0.5) is 5.82 Å². The van der Waals surface area contributed by atoms with E-state index in [0.29, 0.717) is 6.10 Å². The summed E-state index contributed by atoms with van der Waals surface area (Å²) in [5.41, 5.74) is 1.22. The van der Waals surface area contributed by atoms with Crippen molar-refractivity contribution in [1.82, 2.24) is 4.98 Å². The Morgan fingerprint density at radius 2 is 2.22 bits per heavy atom. The van der Waals surface area contributed by atoms with Gasteiger partial charge in [0.05, 0.1) is 6.10 Å². The van der Waals surface area contributed by atoms with Gasteiger partial charge in [-0.1, -0.05) is 6.07 Å². The second-order valence-corrected chi connectivity index (χ2v) is 5.68. The molecule has 0 radical (unpaired) electrons. The number of hydrogen-bond acceptors (Lipinski definition) is 3. The van der Waals surface area contributed by atoms with Gasteiger partial charge in [-0.15, -0.1) is 0 Å². The smallest absolute Gasteiger partial charge is 0.128 e. The molecule has 1 saturated carbocycles. The Labute approximate surface area is 109 Å². The predicted molar refractivity (Wildman–Crippen MR) is 72.9 cm³/mol. The average molecular weight is 246 g/mol. The molecule has 1 aliphatic carbocycles. The molecule has 1 unspecified atom stereocenters. The molecule has 1 atom stereocenters. The highest BCUT2D eigenvalue weighted by molar-refractivity contribution is 5.39. The van der Waals surface area contributed by atoms with E-state index in [0.717, 1.165) is 31.4 Å². The lowest BCUT2D eigenvalue weighted by molar-refractivity contribution is 0.0367. The average Bonchev–Trinajstić information content (AvgIpc) is 3.22. The number of nitrogens with zero attached hydrogens (tertiary/aromatic N) is 2. The summed E-state index contributed by atoms with van der Waals surface area (Å²) in [6, 6.07) is 4.26. The Kier molecular flexibility index (Phi) is 3.50. The Morgan fingerprint density at radius 3 is 2.94 bits per heavy atom. The Balaban J connectivity index is 1.56. The van der Waals surface area contributed by atoms with Gasteiger partial charge in [-0.25, -0.2) is 4.98 Å². The van der Waals surface area contributed by atoms with Gasteiger partial charge in [0, 0.05) is 25.9 Å². The van der Waals surface area contributed by atoms with Crippen molar-refractivity contribution in [3.63, 3.8) is 0 Å². The fourth-order valence-corrected chi connectivity index (χ4v) is 2.49. The van der Waals surface area contributed by atoms with Crippen LogP contribution in [-0.2, 0) is 4.74 Å². The molecule has 0 N–H and O–H groups in total. The standard InChI is InChI=1S/C15H22N2O/c1-12-4-7-15(16-9-12)17-8-2-3-14(10-17)18-11-13-5-6-13/h4,7,9,13-14H,2-3,5-6,8,10-11H2,1H3. The van der Waals surface area contributed by atoms with Gasteiger partial charge < -0.3 is 9.64 Å². The quantitative estimate of drug-likeness (QED) is 0.817. The molecule has 1 aromatic heterocycles. The minimum Gasteiger partial charge on any atom is -0.376 e.